The molecule has 0 unspecified atom stereocenters. The van der Waals surface area contributed by atoms with Crippen molar-refractivity contribution in [1.82, 2.24) is 20.2 Å². The van der Waals surface area contributed by atoms with Crippen molar-refractivity contribution in [2.24, 2.45) is 0 Å². The largest absolute Gasteiger partial charge is 0.378 e. The van der Waals surface area contributed by atoms with Gasteiger partial charge < -0.3 is 9.64 Å². The summed E-state index contributed by atoms with van der Waals surface area (Å²) >= 11 is 3.45. The quantitative estimate of drug-likeness (QED) is 0.761. The van der Waals surface area contributed by atoms with E-state index in [0.29, 0.717) is 0 Å². The van der Waals surface area contributed by atoms with E-state index in [-0.39, 0.29) is 0 Å². The van der Waals surface area contributed by atoms with Crippen LogP contribution in [0.2, 0.25) is 0 Å². The van der Waals surface area contributed by atoms with Crippen LogP contribution in [-0.2, 0) is 4.74 Å². The smallest absolute Gasteiger partial charge is 0.155 e. The maximum atomic E-state index is 5.37. The van der Waals surface area contributed by atoms with E-state index >= 15 is 0 Å². The molecule has 1 N–H and O–H groups in total. The number of aromatic nitrogens is 4. The zero-order valence-corrected chi connectivity index (χ0v) is 13.4. The molecule has 1 fully saturated rings. The molecule has 0 aromatic carbocycles. The summed E-state index contributed by atoms with van der Waals surface area (Å²) in [6.45, 7) is 3.28. The van der Waals surface area contributed by atoms with Crippen LogP contribution in [0.5, 0.6) is 0 Å². The average molecular weight is 360 g/mol. The summed E-state index contributed by atoms with van der Waals surface area (Å²) in [5.41, 5.74) is 2.61. The summed E-state index contributed by atoms with van der Waals surface area (Å²) in [6, 6.07) is 6.10. The Hall–Kier alpha value is -1.99. The van der Waals surface area contributed by atoms with E-state index in [1.807, 2.05) is 24.4 Å². The number of aromatic amines is 1. The van der Waals surface area contributed by atoms with Crippen LogP contribution < -0.4 is 4.90 Å². The Morgan fingerprint density at radius 3 is 2.77 bits per heavy atom. The van der Waals surface area contributed by atoms with Crippen LogP contribution in [0.25, 0.3) is 22.3 Å². The van der Waals surface area contributed by atoms with Gasteiger partial charge in [-0.2, -0.15) is 5.10 Å². The predicted molar refractivity (Wildman–Crippen MR) is 87.9 cm³/mol. The average Bonchev–Trinajstić information content (AvgIpc) is 2.99. The number of morpholine rings is 1. The second kappa shape index (κ2) is 5.66. The summed E-state index contributed by atoms with van der Waals surface area (Å²) < 4.78 is 6.30. The number of nitrogens with one attached hydrogen (secondary N) is 1. The first-order chi connectivity index (χ1) is 10.8. The number of fused-ring (bicyclic) bond motifs is 1. The van der Waals surface area contributed by atoms with Gasteiger partial charge >= 0.3 is 0 Å². The van der Waals surface area contributed by atoms with E-state index in [1.54, 1.807) is 6.20 Å². The molecule has 4 heterocycles. The van der Waals surface area contributed by atoms with Crippen molar-refractivity contribution in [2.75, 3.05) is 31.2 Å². The van der Waals surface area contributed by atoms with Gasteiger partial charge in [-0.25, -0.2) is 9.97 Å². The molecule has 0 radical (unpaired) electrons. The summed E-state index contributed by atoms with van der Waals surface area (Å²) in [6.07, 6.45) is 3.62. The van der Waals surface area contributed by atoms with Crippen molar-refractivity contribution in [2.45, 2.75) is 0 Å². The third kappa shape index (κ3) is 2.46. The third-order valence-corrected chi connectivity index (χ3v) is 4.17. The minimum absolute atomic E-state index is 0.757. The van der Waals surface area contributed by atoms with Gasteiger partial charge in [0, 0.05) is 40.9 Å². The molecule has 4 rings (SSSR count). The molecule has 22 heavy (non-hydrogen) atoms. The van der Waals surface area contributed by atoms with E-state index < -0.39 is 0 Å². The van der Waals surface area contributed by atoms with Gasteiger partial charge in [0.2, 0.25) is 0 Å². The molecule has 0 bridgehead atoms. The standard InChI is InChI=1S/C15H14BrN5O/c16-11-7-12-14(19-20-15(12)18-9-11)10-1-2-13(17-8-10)21-3-5-22-6-4-21/h1-2,7-9H,3-6H2,(H,18,19,20). The number of anilines is 1. The Labute approximate surface area is 135 Å². The Bertz CT molecular complexity index is 795. The van der Waals surface area contributed by atoms with Crippen molar-refractivity contribution >= 4 is 32.8 Å². The minimum Gasteiger partial charge on any atom is -0.378 e. The zero-order chi connectivity index (χ0) is 14.9. The van der Waals surface area contributed by atoms with Crippen LogP contribution in [0.15, 0.2) is 35.1 Å². The molecule has 0 atom stereocenters. The van der Waals surface area contributed by atoms with Gasteiger partial charge in [-0.1, -0.05) is 0 Å². The van der Waals surface area contributed by atoms with Crippen molar-refractivity contribution in [3.63, 3.8) is 0 Å². The van der Waals surface area contributed by atoms with Crippen molar-refractivity contribution in [1.29, 1.82) is 0 Å². The van der Waals surface area contributed by atoms with Gasteiger partial charge in [-0.05, 0) is 34.1 Å². The Balaban J connectivity index is 1.68. The van der Waals surface area contributed by atoms with Crippen LogP contribution in [-0.4, -0.2) is 46.5 Å². The Morgan fingerprint density at radius 2 is 2.00 bits per heavy atom. The summed E-state index contributed by atoms with van der Waals surface area (Å²) in [4.78, 5) is 11.1. The number of halogens is 1. The summed E-state index contributed by atoms with van der Waals surface area (Å²) in [7, 11) is 0. The van der Waals surface area contributed by atoms with Crippen LogP contribution in [0.1, 0.15) is 0 Å². The molecule has 3 aromatic heterocycles. The van der Waals surface area contributed by atoms with Crippen molar-refractivity contribution in [3.8, 4) is 11.3 Å². The minimum atomic E-state index is 0.757. The normalized spacial score (nSPS) is 15.4. The molecule has 0 saturated carbocycles. The van der Waals surface area contributed by atoms with E-state index in [9.17, 15) is 0 Å². The number of pyridine rings is 2. The number of H-pyrrole nitrogens is 1. The molecule has 3 aromatic rings. The first-order valence-corrected chi connectivity index (χ1v) is 7.89. The molecular formula is C15H14BrN5O. The molecule has 0 amide bonds. The zero-order valence-electron chi connectivity index (χ0n) is 11.8. The summed E-state index contributed by atoms with van der Waals surface area (Å²) in [5.74, 6) is 0.978. The maximum absolute atomic E-state index is 5.37. The fraction of sp³-hybridized carbons (Fsp3) is 0.267. The second-order valence-corrected chi connectivity index (χ2v) is 6.04. The molecule has 6 nitrogen and oxygen atoms in total. The van der Waals surface area contributed by atoms with Gasteiger partial charge in [0.25, 0.3) is 0 Å². The van der Waals surface area contributed by atoms with E-state index in [1.165, 1.54) is 0 Å². The fourth-order valence-electron chi connectivity index (χ4n) is 2.60. The molecule has 1 aliphatic heterocycles. The number of ether oxygens (including phenoxy) is 1. The van der Waals surface area contributed by atoms with E-state index in [2.05, 4.69) is 41.0 Å². The highest BCUT2D eigenvalue weighted by Crippen LogP contribution is 2.27. The van der Waals surface area contributed by atoms with Crippen LogP contribution in [0.3, 0.4) is 0 Å². The lowest BCUT2D eigenvalue weighted by molar-refractivity contribution is 0.122. The lowest BCUT2D eigenvalue weighted by Crippen LogP contribution is -2.36. The van der Waals surface area contributed by atoms with Gasteiger partial charge in [-0.3, -0.25) is 5.10 Å². The van der Waals surface area contributed by atoms with Crippen molar-refractivity contribution in [3.05, 3.63) is 35.1 Å². The first-order valence-electron chi connectivity index (χ1n) is 7.10. The second-order valence-electron chi connectivity index (χ2n) is 5.13. The molecule has 112 valence electrons. The molecule has 0 spiro atoms. The number of hydrogen-bond acceptors (Lipinski definition) is 5. The van der Waals surface area contributed by atoms with Gasteiger partial charge in [-0.15, -0.1) is 0 Å². The highest BCUT2D eigenvalue weighted by molar-refractivity contribution is 9.10. The van der Waals surface area contributed by atoms with Crippen LogP contribution >= 0.6 is 15.9 Å². The lowest BCUT2D eigenvalue weighted by Gasteiger charge is -2.27. The monoisotopic (exact) mass is 359 g/mol. The number of hydrogen-bond donors (Lipinski definition) is 1. The SMILES string of the molecule is Brc1cnc2[nH]nc(-c3ccc(N4CCOCC4)nc3)c2c1. The highest BCUT2D eigenvalue weighted by Gasteiger charge is 2.14. The van der Waals surface area contributed by atoms with Crippen molar-refractivity contribution < 1.29 is 4.74 Å². The maximum Gasteiger partial charge on any atom is 0.155 e. The summed E-state index contributed by atoms with van der Waals surface area (Å²) in [5, 5.41) is 8.30. The third-order valence-electron chi connectivity index (χ3n) is 3.74. The topological polar surface area (TPSA) is 66.9 Å². The fourth-order valence-corrected chi connectivity index (χ4v) is 2.93. The Morgan fingerprint density at radius 1 is 1.14 bits per heavy atom. The van der Waals surface area contributed by atoms with Gasteiger partial charge in [0.15, 0.2) is 5.65 Å². The van der Waals surface area contributed by atoms with Crippen LogP contribution in [0.4, 0.5) is 5.82 Å². The predicted octanol–water partition coefficient (Wildman–Crippen LogP) is 2.62. The number of rotatable bonds is 2. The molecule has 1 saturated heterocycles. The molecular weight excluding hydrogens is 346 g/mol. The van der Waals surface area contributed by atoms with Gasteiger partial charge in [0.1, 0.15) is 11.5 Å². The van der Waals surface area contributed by atoms with E-state index in [0.717, 1.165) is 58.9 Å². The highest BCUT2D eigenvalue weighted by atomic mass is 79.9. The lowest BCUT2D eigenvalue weighted by atomic mass is 10.1. The van der Waals surface area contributed by atoms with E-state index in [4.69, 9.17) is 4.74 Å². The Kier molecular flexibility index (Phi) is 3.51. The molecule has 1 aliphatic rings. The molecule has 0 aliphatic carbocycles. The van der Waals surface area contributed by atoms with Gasteiger partial charge in [0.05, 0.1) is 13.2 Å². The van der Waals surface area contributed by atoms with Crippen LogP contribution in [0, 0.1) is 0 Å². The molecule has 7 heteroatoms. The first kappa shape index (κ1) is 13.7. The number of nitrogens with zero attached hydrogens (tertiary/aromatic N) is 4.